The Hall–Kier alpha value is -2.58. The summed E-state index contributed by atoms with van der Waals surface area (Å²) in [6, 6.07) is 4.84. The van der Waals surface area contributed by atoms with Crippen molar-refractivity contribution in [1.82, 2.24) is 20.6 Å². The molecule has 1 heterocycles. The number of hydrogen-bond acceptors (Lipinski definition) is 6. The van der Waals surface area contributed by atoms with E-state index in [1.165, 1.54) is 0 Å². The second kappa shape index (κ2) is 8.08. The van der Waals surface area contributed by atoms with Crippen LogP contribution in [0.4, 0.5) is 0 Å². The van der Waals surface area contributed by atoms with E-state index in [4.69, 9.17) is 32.7 Å². The molecule has 0 saturated heterocycles. The van der Waals surface area contributed by atoms with Gasteiger partial charge in [-0.1, -0.05) is 23.2 Å². The van der Waals surface area contributed by atoms with Crippen LogP contribution in [-0.4, -0.2) is 46.1 Å². The van der Waals surface area contributed by atoms with Crippen molar-refractivity contribution in [2.45, 2.75) is 49.1 Å². The molecule has 2 bridgehead atoms. The predicted octanol–water partition coefficient (Wildman–Crippen LogP) is 3.03. The monoisotopic (exact) mass is 476 g/mol. The third-order valence-electron chi connectivity index (χ3n) is 6.10. The van der Waals surface area contributed by atoms with Crippen molar-refractivity contribution >= 4 is 35.0 Å². The van der Waals surface area contributed by atoms with Gasteiger partial charge in [-0.25, -0.2) is 4.98 Å². The topological polar surface area (TPSA) is 102 Å². The van der Waals surface area contributed by atoms with Gasteiger partial charge in [0.05, 0.1) is 28.1 Å². The standard InChI is InChI=1S/C22H22Cl2N4O4/c23-15-4-3-14(5-16(15)24)31-8-18(29)27-21-10-22(11-21,12-21)28-19(30)9-32-20-7-25-17(6-26-20)13-1-2-13/h3-7,13H,1-2,8-12H2,(H,27,29)(H,28,30). The van der Waals surface area contributed by atoms with Crippen LogP contribution < -0.4 is 20.1 Å². The lowest BCUT2D eigenvalue weighted by atomic mass is 9.44. The Morgan fingerprint density at radius 3 is 2.16 bits per heavy atom. The lowest BCUT2D eigenvalue weighted by Crippen LogP contribution is -2.84. The fraction of sp³-hybridized carbons (Fsp3) is 0.455. The highest BCUT2D eigenvalue weighted by molar-refractivity contribution is 6.42. The molecule has 4 fully saturated rings. The summed E-state index contributed by atoms with van der Waals surface area (Å²) in [4.78, 5) is 33.0. The van der Waals surface area contributed by atoms with Crippen LogP contribution in [0.15, 0.2) is 30.6 Å². The van der Waals surface area contributed by atoms with Crippen molar-refractivity contribution in [3.05, 3.63) is 46.3 Å². The fourth-order valence-electron chi connectivity index (χ4n) is 4.56. The second-order valence-electron chi connectivity index (χ2n) is 8.89. The molecule has 0 unspecified atom stereocenters. The summed E-state index contributed by atoms with van der Waals surface area (Å²) in [5.74, 6) is 0.919. The molecule has 1 aromatic carbocycles. The van der Waals surface area contributed by atoms with Gasteiger partial charge >= 0.3 is 0 Å². The van der Waals surface area contributed by atoms with E-state index in [-0.39, 0.29) is 36.1 Å². The van der Waals surface area contributed by atoms with Crippen LogP contribution >= 0.6 is 23.2 Å². The third kappa shape index (κ3) is 4.47. The van der Waals surface area contributed by atoms with Crippen LogP contribution in [0.3, 0.4) is 0 Å². The molecule has 168 valence electrons. The molecule has 6 rings (SSSR count). The first-order valence-corrected chi connectivity index (χ1v) is 11.2. The normalized spacial score (nSPS) is 25.2. The third-order valence-corrected chi connectivity index (χ3v) is 6.83. The molecule has 8 nitrogen and oxygen atoms in total. The van der Waals surface area contributed by atoms with E-state index in [1.807, 2.05) is 0 Å². The number of rotatable bonds is 9. The molecule has 2 N–H and O–H groups in total. The number of nitrogens with zero attached hydrogens (tertiary/aromatic N) is 2. The maximum absolute atomic E-state index is 12.3. The number of nitrogens with one attached hydrogen (secondary N) is 2. The van der Waals surface area contributed by atoms with E-state index >= 15 is 0 Å². The van der Waals surface area contributed by atoms with Crippen LogP contribution in [0.25, 0.3) is 0 Å². The van der Waals surface area contributed by atoms with Crippen molar-refractivity contribution in [2.24, 2.45) is 0 Å². The zero-order valence-corrected chi connectivity index (χ0v) is 18.7. The van der Waals surface area contributed by atoms with Crippen LogP contribution in [-0.2, 0) is 9.59 Å². The van der Waals surface area contributed by atoms with Crippen molar-refractivity contribution in [3.63, 3.8) is 0 Å². The summed E-state index contributed by atoms with van der Waals surface area (Å²) in [6.45, 7) is -0.233. The van der Waals surface area contributed by atoms with Gasteiger partial charge in [0.1, 0.15) is 5.75 Å². The van der Waals surface area contributed by atoms with Gasteiger partial charge in [-0.15, -0.1) is 0 Å². The van der Waals surface area contributed by atoms with Gasteiger partial charge in [0, 0.05) is 23.1 Å². The highest BCUT2D eigenvalue weighted by Gasteiger charge is 2.69. The number of hydrogen-bond donors (Lipinski definition) is 2. The molecule has 0 atom stereocenters. The Morgan fingerprint density at radius 2 is 1.59 bits per heavy atom. The van der Waals surface area contributed by atoms with E-state index in [0.717, 1.165) is 18.5 Å². The fourth-order valence-corrected chi connectivity index (χ4v) is 4.85. The molecular formula is C22H22Cl2N4O4. The summed E-state index contributed by atoms with van der Waals surface area (Å²) < 4.78 is 10.9. The molecule has 0 aliphatic heterocycles. The Kier molecular flexibility index (Phi) is 5.37. The van der Waals surface area contributed by atoms with Crippen LogP contribution in [0, 0.1) is 0 Å². The average Bonchev–Trinajstić information content (AvgIpc) is 3.56. The van der Waals surface area contributed by atoms with Gasteiger partial charge in [0.15, 0.2) is 13.2 Å². The maximum atomic E-state index is 12.3. The lowest BCUT2D eigenvalue weighted by Gasteiger charge is -2.70. The van der Waals surface area contributed by atoms with Gasteiger partial charge in [-0.2, -0.15) is 0 Å². The molecule has 32 heavy (non-hydrogen) atoms. The molecule has 4 aliphatic rings. The van der Waals surface area contributed by atoms with Gasteiger partial charge < -0.3 is 20.1 Å². The number of halogens is 2. The van der Waals surface area contributed by atoms with Crippen LogP contribution in [0.5, 0.6) is 11.6 Å². The molecule has 1 aromatic heterocycles. The summed E-state index contributed by atoms with van der Waals surface area (Å²) >= 11 is 11.8. The largest absolute Gasteiger partial charge is 0.484 e. The second-order valence-corrected chi connectivity index (χ2v) is 9.71. The first-order valence-electron chi connectivity index (χ1n) is 10.5. The predicted molar refractivity (Wildman–Crippen MR) is 117 cm³/mol. The molecule has 4 aliphatic carbocycles. The van der Waals surface area contributed by atoms with Crippen molar-refractivity contribution in [3.8, 4) is 11.6 Å². The number of amides is 2. The van der Waals surface area contributed by atoms with Gasteiger partial charge in [0.25, 0.3) is 11.8 Å². The number of carbonyl (C=O) groups is 2. The van der Waals surface area contributed by atoms with E-state index < -0.39 is 0 Å². The molecule has 2 amide bonds. The maximum Gasteiger partial charge on any atom is 0.258 e. The van der Waals surface area contributed by atoms with Crippen molar-refractivity contribution < 1.29 is 19.1 Å². The molecule has 4 saturated carbocycles. The summed E-state index contributed by atoms with van der Waals surface area (Å²) in [5.41, 5.74) is 0.446. The van der Waals surface area contributed by atoms with Gasteiger partial charge in [-0.05, 0) is 44.2 Å². The SMILES string of the molecule is O=C(COc1ccc(Cl)c(Cl)c1)NC12CC(NC(=O)COc3cnc(C4CC4)cn3)(C1)C2. The van der Waals surface area contributed by atoms with E-state index in [2.05, 4.69) is 20.6 Å². The Balaban J connectivity index is 1.01. The van der Waals surface area contributed by atoms with E-state index in [1.54, 1.807) is 30.6 Å². The number of ether oxygens (including phenoxy) is 2. The van der Waals surface area contributed by atoms with Gasteiger partial charge in [0.2, 0.25) is 5.88 Å². The summed E-state index contributed by atoms with van der Waals surface area (Å²) in [5, 5.41) is 6.81. The lowest BCUT2D eigenvalue weighted by molar-refractivity contribution is -0.151. The minimum atomic E-state index is -0.268. The molecular weight excluding hydrogens is 455 g/mol. The van der Waals surface area contributed by atoms with E-state index in [9.17, 15) is 9.59 Å². The Labute approximate surface area is 195 Å². The zero-order chi connectivity index (χ0) is 22.3. The quantitative estimate of drug-likeness (QED) is 0.576. The average molecular weight is 477 g/mol. The van der Waals surface area contributed by atoms with Crippen LogP contribution in [0.1, 0.15) is 43.7 Å². The summed E-state index contributed by atoms with van der Waals surface area (Å²) in [6.07, 6.45) is 7.67. The van der Waals surface area contributed by atoms with Crippen molar-refractivity contribution in [1.29, 1.82) is 0 Å². The number of benzene rings is 1. The Bertz CT molecular complexity index is 1040. The number of aromatic nitrogens is 2. The Morgan fingerprint density at radius 1 is 0.938 bits per heavy atom. The molecule has 0 radical (unpaired) electrons. The highest BCUT2D eigenvalue weighted by Crippen LogP contribution is 2.60. The van der Waals surface area contributed by atoms with Gasteiger partial charge in [-0.3, -0.25) is 14.6 Å². The minimum absolute atomic E-state index is 0.115. The van der Waals surface area contributed by atoms with Crippen molar-refractivity contribution in [2.75, 3.05) is 13.2 Å². The molecule has 0 spiro atoms. The number of carbonyl (C=O) groups excluding carboxylic acids is 2. The summed E-state index contributed by atoms with van der Waals surface area (Å²) in [7, 11) is 0. The van der Waals surface area contributed by atoms with E-state index in [0.29, 0.717) is 46.9 Å². The smallest absolute Gasteiger partial charge is 0.258 e. The molecule has 10 heteroatoms. The minimum Gasteiger partial charge on any atom is -0.484 e. The zero-order valence-electron chi connectivity index (χ0n) is 17.2. The molecule has 2 aromatic rings. The first kappa shape index (κ1) is 21.3. The van der Waals surface area contributed by atoms with Crippen LogP contribution in [0.2, 0.25) is 10.0 Å². The highest BCUT2D eigenvalue weighted by atomic mass is 35.5. The first-order chi connectivity index (χ1) is 15.3.